The molecule has 0 atom stereocenters. The number of aryl methyl sites for hydroxylation is 1. The molecule has 7 nitrogen and oxygen atoms in total. The van der Waals surface area contributed by atoms with Gasteiger partial charge in [-0.1, -0.05) is 59.8 Å². The summed E-state index contributed by atoms with van der Waals surface area (Å²) in [6.07, 6.45) is 0.767. The number of hydrogen-bond donors (Lipinski definition) is 1. The predicted molar refractivity (Wildman–Crippen MR) is 122 cm³/mol. The highest BCUT2D eigenvalue weighted by atomic mass is 32.2. The van der Waals surface area contributed by atoms with Crippen LogP contribution in [0.1, 0.15) is 23.9 Å². The summed E-state index contributed by atoms with van der Waals surface area (Å²) in [5.74, 6) is 0.230. The SMILES string of the molecule is CCn1c(CS(=O)(=O)c2ccc(C)cc2)nnc1SCC(=O)NCCc1ccccc1. The Hall–Kier alpha value is -2.65. The van der Waals surface area contributed by atoms with E-state index >= 15 is 0 Å². The zero-order valence-corrected chi connectivity index (χ0v) is 19.2. The summed E-state index contributed by atoms with van der Waals surface area (Å²) < 4.78 is 27.2. The second kappa shape index (κ2) is 10.6. The third-order valence-electron chi connectivity index (χ3n) is 4.72. The Balaban J connectivity index is 1.57. The first-order chi connectivity index (χ1) is 14.9. The number of thioether (sulfide) groups is 1. The Morgan fingerprint density at radius 3 is 2.45 bits per heavy atom. The van der Waals surface area contributed by atoms with Crippen LogP contribution in [-0.2, 0) is 33.4 Å². The van der Waals surface area contributed by atoms with Crippen LogP contribution in [0.5, 0.6) is 0 Å². The topological polar surface area (TPSA) is 93.9 Å². The van der Waals surface area contributed by atoms with E-state index in [0.29, 0.717) is 24.1 Å². The molecule has 0 aliphatic heterocycles. The molecule has 0 unspecified atom stereocenters. The van der Waals surface area contributed by atoms with Gasteiger partial charge in [0, 0.05) is 13.1 Å². The minimum atomic E-state index is -3.53. The third-order valence-corrected chi connectivity index (χ3v) is 7.32. The van der Waals surface area contributed by atoms with Crippen LogP contribution >= 0.6 is 11.8 Å². The lowest BCUT2D eigenvalue weighted by atomic mass is 10.1. The van der Waals surface area contributed by atoms with Crippen molar-refractivity contribution in [3.63, 3.8) is 0 Å². The van der Waals surface area contributed by atoms with Crippen molar-refractivity contribution >= 4 is 27.5 Å². The molecule has 3 rings (SSSR count). The van der Waals surface area contributed by atoms with Gasteiger partial charge in [-0.15, -0.1) is 10.2 Å². The van der Waals surface area contributed by atoms with Crippen molar-refractivity contribution in [3.05, 3.63) is 71.5 Å². The number of aromatic nitrogens is 3. The van der Waals surface area contributed by atoms with Crippen molar-refractivity contribution in [2.24, 2.45) is 0 Å². The van der Waals surface area contributed by atoms with Gasteiger partial charge in [0.05, 0.1) is 10.6 Å². The number of rotatable bonds is 10. The van der Waals surface area contributed by atoms with Gasteiger partial charge in [-0.25, -0.2) is 8.42 Å². The van der Waals surface area contributed by atoms with Gasteiger partial charge in [0.2, 0.25) is 5.91 Å². The standard InChI is InChI=1S/C22H26N4O3S2/c1-3-26-20(16-31(28,29)19-11-9-17(2)10-12-19)24-25-22(26)30-15-21(27)23-14-13-18-7-5-4-6-8-18/h4-12H,3,13-16H2,1-2H3,(H,23,27). The van der Waals surface area contributed by atoms with Crippen molar-refractivity contribution < 1.29 is 13.2 Å². The van der Waals surface area contributed by atoms with Crippen molar-refractivity contribution in [1.29, 1.82) is 0 Å². The van der Waals surface area contributed by atoms with E-state index in [2.05, 4.69) is 15.5 Å². The van der Waals surface area contributed by atoms with E-state index in [-0.39, 0.29) is 22.3 Å². The van der Waals surface area contributed by atoms with Crippen molar-refractivity contribution in [1.82, 2.24) is 20.1 Å². The highest BCUT2D eigenvalue weighted by molar-refractivity contribution is 7.99. The number of amides is 1. The molecular formula is C22H26N4O3S2. The first-order valence-electron chi connectivity index (χ1n) is 10.0. The Morgan fingerprint density at radius 1 is 1.06 bits per heavy atom. The van der Waals surface area contributed by atoms with E-state index < -0.39 is 9.84 Å². The summed E-state index contributed by atoms with van der Waals surface area (Å²) in [6, 6.07) is 16.7. The number of hydrogen-bond acceptors (Lipinski definition) is 6. The predicted octanol–water partition coefficient (Wildman–Crippen LogP) is 3.03. The van der Waals surface area contributed by atoms with Crippen LogP contribution in [0.15, 0.2) is 64.6 Å². The van der Waals surface area contributed by atoms with Gasteiger partial charge in [0.15, 0.2) is 15.0 Å². The summed E-state index contributed by atoms with van der Waals surface area (Å²) >= 11 is 1.25. The molecule has 31 heavy (non-hydrogen) atoms. The number of benzene rings is 2. The van der Waals surface area contributed by atoms with Gasteiger partial charge in [0.25, 0.3) is 0 Å². The largest absolute Gasteiger partial charge is 0.355 e. The maximum Gasteiger partial charge on any atom is 0.230 e. The fourth-order valence-electron chi connectivity index (χ4n) is 3.02. The molecule has 0 spiro atoms. The zero-order valence-electron chi connectivity index (χ0n) is 17.6. The normalized spacial score (nSPS) is 11.4. The molecule has 0 fully saturated rings. The minimum absolute atomic E-state index is 0.0968. The average Bonchev–Trinajstić information content (AvgIpc) is 3.14. The van der Waals surface area contributed by atoms with Gasteiger partial charge in [0.1, 0.15) is 11.6 Å². The second-order valence-corrected chi connectivity index (χ2v) is 10.0. The average molecular weight is 459 g/mol. The molecule has 1 amide bonds. The quantitative estimate of drug-likeness (QED) is 0.470. The van der Waals surface area contributed by atoms with E-state index in [4.69, 9.17) is 0 Å². The summed E-state index contributed by atoms with van der Waals surface area (Å²) in [6.45, 7) is 4.88. The van der Waals surface area contributed by atoms with Crippen LogP contribution in [0.2, 0.25) is 0 Å². The minimum Gasteiger partial charge on any atom is -0.355 e. The number of nitrogens with one attached hydrogen (secondary N) is 1. The van der Waals surface area contributed by atoms with E-state index in [1.54, 1.807) is 28.8 Å². The maximum atomic E-state index is 12.7. The molecule has 0 aliphatic carbocycles. The van der Waals surface area contributed by atoms with Crippen LogP contribution in [0.4, 0.5) is 0 Å². The molecule has 0 radical (unpaired) electrons. The molecule has 1 N–H and O–H groups in total. The van der Waals surface area contributed by atoms with Crippen LogP contribution in [0.25, 0.3) is 0 Å². The van der Waals surface area contributed by atoms with Gasteiger partial charge >= 0.3 is 0 Å². The first kappa shape index (κ1) is 23.0. The number of carbonyl (C=O) groups excluding carboxylic acids is 1. The van der Waals surface area contributed by atoms with Crippen LogP contribution in [0.3, 0.4) is 0 Å². The highest BCUT2D eigenvalue weighted by Crippen LogP contribution is 2.21. The summed E-state index contributed by atoms with van der Waals surface area (Å²) in [5, 5.41) is 11.6. The molecule has 1 aromatic heterocycles. The molecule has 0 bridgehead atoms. The zero-order chi connectivity index (χ0) is 22.3. The molecule has 2 aromatic carbocycles. The Kier molecular flexibility index (Phi) is 7.86. The summed E-state index contributed by atoms with van der Waals surface area (Å²) in [7, 11) is -3.53. The molecule has 3 aromatic rings. The number of carbonyl (C=O) groups is 1. The van der Waals surface area contributed by atoms with E-state index in [0.717, 1.165) is 12.0 Å². The maximum absolute atomic E-state index is 12.7. The molecule has 0 saturated carbocycles. The molecule has 0 aliphatic rings. The number of sulfone groups is 1. The van der Waals surface area contributed by atoms with Gasteiger partial charge in [-0.3, -0.25) is 4.79 Å². The molecule has 0 saturated heterocycles. The lowest BCUT2D eigenvalue weighted by Crippen LogP contribution is -2.27. The Labute approximate surface area is 187 Å². The lowest BCUT2D eigenvalue weighted by molar-refractivity contribution is -0.118. The van der Waals surface area contributed by atoms with Crippen LogP contribution < -0.4 is 5.32 Å². The van der Waals surface area contributed by atoms with Crippen molar-refractivity contribution in [2.75, 3.05) is 12.3 Å². The second-order valence-electron chi connectivity index (χ2n) is 7.09. The lowest BCUT2D eigenvalue weighted by Gasteiger charge is -2.09. The highest BCUT2D eigenvalue weighted by Gasteiger charge is 2.21. The van der Waals surface area contributed by atoms with Crippen LogP contribution in [0, 0.1) is 6.92 Å². The van der Waals surface area contributed by atoms with Gasteiger partial charge in [-0.05, 0) is 38.0 Å². The number of nitrogens with zero attached hydrogens (tertiary/aromatic N) is 3. The summed E-state index contributed by atoms with van der Waals surface area (Å²) in [4.78, 5) is 12.4. The van der Waals surface area contributed by atoms with Gasteiger partial charge in [-0.2, -0.15) is 0 Å². The van der Waals surface area contributed by atoms with E-state index in [9.17, 15) is 13.2 Å². The third kappa shape index (κ3) is 6.41. The molecular weight excluding hydrogens is 432 g/mol. The Morgan fingerprint density at radius 2 is 1.77 bits per heavy atom. The molecule has 1 heterocycles. The van der Waals surface area contributed by atoms with Crippen molar-refractivity contribution in [3.8, 4) is 0 Å². The fourth-order valence-corrected chi connectivity index (χ4v) is 5.14. The first-order valence-corrected chi connectivity index (χ1v) is 12.7. The van der Waals surface area contributed by atoms with E-state index in [1.807, 2.05) is 44.2 Å². The van der Waals surface area contributed by atoms with Crippen molar-refractivity contribution in [2.45, 2.75) is 42.6 Å². The Bertz CT molecular complexity index is 1110. The molecule has 9 heteroatoms. The smallest absolute Gasteiger partial charge is 0.230 e. The monoisotopic (exact) mass is 458 g/mol. The van der Waals surface area contributed by atoms with Gasteiger partial charge < -0.3 is 9.88 Å². The summed E-state index contributed by atoms with van der Waals surface area (Å²) in [5.41, 5.74) is 2.16. The van der Waals surface area contributed by atoms with Crippen LogP contribution in [-0.4, -0.2) is 41.4 Å². The fraction of sp³-hybridized carbons (Fsp3) is 0.318. The van der Waals surface area contributed by atoms with E-state index in [1.165, 1.54) is 17.3 Å². The molecule has 164 valence electrons.